The second-order valence-electron chi connectivity index (χ2n) is 5.78. The van der Waals surface area contributed by atoms with Gasteiger partial charge in [0.25, 0.3) is 0 Å². The predicted octanol–water partition coefficient (Wildman–Crippen LogP) is 3.10. The third kappa shape index (κ3) is 3.65. The number of carbonyl (C=O) groups excluding carboxylic acids is 2. The van der Waals surface area contributed by atoms with Gasteiger partial charge in [0.15, 0.2) is 5.76 Å². The van der Waals surface area contributed by atoms with Crippen LogP contribution >= 0.6 is 0 Å². The maximum absolute atomic E-state index is 12.2. The van der Waals surface area contributed by atoms with Gasteiger partial charge < -0.3 is 9.32 Å². The number of furan rings is 1. The van der Waals surface area contributed by atoms with E-state index in [2.05, 4.69) is 5.43 Å². The molecule has 26 heavy (non-hydrogen) atoms. The van der Waals surface area contributed by atoms with E-state index < -0.39 is 5.91 Å². The summed E-state index contributed by atoms with van der Waals surface area (Å²) in [6.07, 6.45) is 1.43. The van der Waals surface area contributed by atoms with Crippen molar-refractivity contribution in [1.82, 2.24) is 5.43 Å². The SMILES string of the molecule is CC(=O)N(Cc1ccccc1)c1cccc(-c2ccoc2C(=O)NN)c1. The summed E-state index contributed by atoms with van der Waals surface area (Å²) in [6.45, 7) is 1.99. The van der Waals surface area contributed by atoms with Crippen LogP contribution in [0.1, 0.15) is 23.0 Å². The van der Waals surface area contributed by atoms with Crippen LogP contribution in [-0.2, 0) is 11.3 Å². The number of nitrogen functional groups attached to an aromatic ring is 1. The van der Waals surface area contributed by atoms with Crippen LogP contribution in [0.5, 0.6) is 0 Å². The number of rotatable bonds is 5. The Balaban J connectivity index is 1.96. The molecule has 3 aromatic rings. The summed E-state index contributed by atoms with van der Waals surface area (Å²) in [5.41, 5.74) is 5.20. The van der Waals surface area contributed by atoms with Gasteiger partial charge in [-0.25, -0.2) is 5.84 Å². The number of amides is 2. The molecule has 6 nitrogen and oxygen atoms in total. The van der Waals surface area contributed by atoms with E-state index in [0.29, 0.717) is 12.1 Å². The molecule has 0 unspecified atom stereocenters. The quantitative estimate of drug-likeness (QED) is 0.421. The van der Waals surface area contributed by atoms with Crippen molar-refractivity contribution in [3.63, 3.8) is 0 Å². The van der Waals surface area contributed by atoms with Crippen LogP contribution < -0.4 is 16.2 Å². The standard InChI is InChI=1S/C20H19N3O3/c1-14(24)23(13-15-6-3-2-4-7-15)17-9-5-8-16(12-17)18-10-11-26-19(18)20(25)22-21/h2-12H,13,21H2,1H3,(H,22,25). The molecule has 6 heteroatoms. The molecule has 0 spiro atoms. The van der Waals surface area contributed by atoms with Gasteiger partial charge in [-0.05, 0) is 29.3 Å². The molecule has 0 aliphatic carbocycles. The van der Waals surface area contributed by atoms with Gasteiger partial charge >= 0.3 is 5.91 Å². The van der Waals surface area contributed by atoms with Crippen LogP contribution in [0.4, 0.5) is 5.69 Å². The number of nitrogens with zero attached hydrogens (tertiary/aromatic N) is 1. The fourth-order valence-corrected chi connectivity index (χ4v) is 2.77. The molecule has 3 rings (SSSR count). The molecule has 2 aromatic carbocycles. The Morgan fingerprint density at radius 1 is 1.08 bits per heavy atom. The van der Waals surface area contributed by atoms with E-state index >= 15 is 0 Å². The van der Waals surface area contributed by atoms with Gasteiger partial charge in [-0.15, -0.1) is 0 Å². The molecule has 132 valence electrons. The zero-order valence-corrected chi connectivity index (χ0v) is 14.3. The molecule has 0 aliphatic heterocycles. The lowest BCUT2D eigenvalue weighted by Gasteiger charge is -2.22. The van der Waals surface area contributed by atoms with Gasteiger partial charge in [-0.2, -0.15) is 0 Å². The third-order valence-corrected chi connectivity index (χ3v) is 4.04. The summed E-state index contributed by atoms with van der Waals surface area (Å²) in [5.74, 6) is 4.75. The molecule has 0 atom stereocenters. The van der Waals surface area contributed by atoms with Crippen molar-refractivity contribution < 1.29 is 14.0 Å². The maximum Gasteiger partial charge on any atom is 0.301 e. The number of hydrazine groups is 1. The topological polar surface area (TPSA) is 88.6 Å². The van der Waals surface area contributed by atoms with Gasteiger partial charge in [0.2, 0.25) is 5.91 Å². The average Bonchev–Trinajstić information content (AvgIpc) is 3.16. The monoisotopic (exact) mass is 349 g/mol. The minimum Gasteiger partial charge on any atom is -0.458 e. The highest BCUT2D eigenvalue weighted by Gasteiger charge is 2.18. The van der Waals surface area contributed by atoms with Gasteiger partial charge in [-0.3, -0.25) is 15.0 Å². The lowest BCUT2D eigenvalue weighted by molar-refractivity contribution is -0.116. The molecule has 0 saturated carbocycles. The minimum absolute atomic E-state index is 0.0712. The minimum atomic E-state index is -0.511. The van der Waals surface area contributed by atoms with E-state index in [-0.39, 0.29) is 11.7 Å². The summed E-state index contributed by atoms with van der Waals surface area (Å²) < 4.78 is 5.24. The van der Waals surface area contributed by atoms with Crippen LogP contribution in [0, 0.1) is 0 Å². The van der Waals surface area contributed by atoms with Crippen molar-refractivity contribution in [1.29, 1.82) is 0 Å². The highest BCUT2D eigenvalue weighted by atomic mass is 16.3. The first kappa shape index (κ1) is 17.4. The Kier molecular flexibility index (Phi) is 5.15. The van der Waals surface area contributed by atoms with Crippen molar-refractivity contribution in [3.8, 4) is 11.1 Å². The highest BCUT2D eigenvalue weighted by molar-refractivity contribution is 5.98. The number of carbonyl (C=O) groups is 2. The van der Waals surface area contributed by atoms with Crippen molar-refractivity contribution in [2.24, 2.45) is 5.84 Å². The number of hydrogen-bond acceptors (Lipinski definition) is 4. The maximum atomic E-state index is 12.2. The van der Waals surface area contributed by atoms with E-state index in [1.54, 1.807) is 11.0 Å². The van der Waals surface area contributed by atoms with Crippen LogP contribution in [0.2, 0.25) is 0 Å². The summed E-state index contributed by atoms with van der Waals surface area (Å²) in [6, 6.07) is 18.8. The van der Waals surface area contributed by atoms with E-state index in [9.17, 15) is 9.59 Å². The van der Waals surface area contributed by atoms with Gasteiger partial charge in [0, 0.05) is 18.2 Å². The molecule has 0 fully saturated rings. The van der Waals surface area contributed by atoms with Crippen LogP contribution in [0.3, 0.4) is 0 Å². The summed E-state index contributed by atoms with van der Waals surface area (Å²) in [7, 11) is 0. The first-order valence-electron chi connectivity index (χ1n) is 8.11. The lowest BCUT2D eigenvalue weighted by Crippen LogP contribution is -2.30. The van der Waals surface area contributed by atoms with Crippen LogP contribution in [0.15, 0.2) is 71.3 Å². The average molecular weight is 349 g/mol. The molecule has 0 radical (unpaired) electrons. The Hall–Kier alpha value is -3.38. The molecule has 0 bridgehead atoms. The molecule has 3 N–H and O–H groups in total. The summed E-state index contributed by atoms with van der Waals surface area (Å²) >= 11 is 0. The lowest BCUT2D eigenvalue weighted by atomic mass is 10.0. The fourth-order valence-electron chi connectivity index (χ4n) is 2.77. The van der Waals surface area contributed by atoms with Gasteiger partial charge in [-0.1, -0.05) is 42.5 Å². The van der Waals surface area contributed by atoms with Crippen LogP contribution in [0.25, 0.3) is 11.1 Å². The second-order valence-corrected chi connectivity index (χ2v) is 5.78. The predicted molar refractivity (Wildman–Crippen MR) is 99.1 cm³/mol. The number of nitrogens with one attached hydrogen (secondary N) is 1. The molecule has 2 amide bonds. The Bertz CT molecular complexity index is 919. The van der Waals surface area contributed by atoms with Crippen LogP contribution in [-0.4, -0.2) is 11.8 Å². The number of nitrogens with two attached hydrogens (primary N) is 1. The second kappa shape index (κ2) is 7.67. The molecule has 1 aromatic heterocycles. The first-order chi connectivity index (χ1) is 12.6. The zero-order valence-electron chi connectivity index (χ0n) is 14.3. The number of anilines is 1. The van der Waals surface area contributed by atoms with E-state index in [1.807, 2.05) is 54.6 Å². The summed E-state index contributed by atoms with van der Waals surface area (Å²) in [5, 5.41) is 0. The molecular weight excluding hydrogens is 330 g/mol. The molecule has 0 aliphatic rings. The van der Waals surface area contributed by atoms with Gasteiger partial charge in [0.1, 0.15) is 0 Å². The summed E-state index contributed by atoms with van der Waals surface area (Å²) in [4.78, 5) is 25.7. The Morgan fingerprint density at radius 2 is 1.85 bits per heavy atom. The normalized spacial score (nSPS) is 10.4. The van der Waals surface area contributed by atoms with Gasteiger partial charge in [0.05, 0.1) is 12.8 Å². The van der Waals surface area contributed by atoms with E-state index in [1.165, 1.54) is 13.2 Å². The molecule has 0 saturated heterocycles. The van der Waals surface area contributed by atoms with Crippen molar-refractivity contribution in [2.75, 3.05) is 4.90 Å². The Labute approximate surface area is 151 Å². The highest BCUT2D eigenvalue weighted by Crippen LogP contribution is 2.29. The largest absolute Gasteiger partial charge is 0.458 e. The molecular formula is C20H19N3O3. The number of hydrogen-bond donors (Lipinski definition) is 2. The fraction of sp³-hybridized carbons (Fsp3) is 0.100. The number of benzene rings is 2. The Morgan fingerprint density at radius 3 is 2.54 bits per heavy atom. The zero-order chi connectivity index (χ0) is 18.5. The third-order valence-electron chi connectivity index (χ3n) is 4.04. The van der Waals surface area contributed by atoms with E-state index in [4.69, 9.17) is 10.3 Å². The van der Waals surface area contributed by atoms with Crippen molar-refractivity contribution in [3.05, 3.63) is 78.3 Å². The smallest absolute Gasteiger partial charge is 0.301 e. The van der Waals surface area contributed by atoms with Crippen molar-refractivity contribution >= 4 is 17.5 Å². The van der Waals surface area contributed by atoms with E-state index in [0.717, 1.165) is 16.8 Å². The molecule has 1 heterocycles. The first-order valence-corrected chi connectivity index (χ1v) is 8.11. The van der Waals surface area contributed by atoms with Crippen molar-refractivity contribution in [2.45, 2.75) is 13.5 Å².